The zero-order valence-electron chi connectivity index (χ0n) is 19.0. The highest BCUT2D eigenvalue weighted by Gasteiger charge is 2.27. The first-order valence-corrected chi connectivity index (χ1v) is 11.0. The Morgan fingerprint density at radius 2 is 2.23 bits per heavy atom. The fourth-order valence-corrected chi connectivity index (χ4v) is 4.92. The van der Waals surface area contributed by atoms with E-state index in [9.17, 15) is 4.79 Å². The molecule has 0 saturated carbocycles. The van der Waals surface area contributed by atoms with Crippen molar-refractivity contribution in [3.05, 3.63) is 46.2 Å². The van der Waals surface area contributed by atoms with E-state index in [1.807, 2.05) is 24.0 Å². The molecule has 0 bridgehead atoms. The number of aromatic nitrogens is 1. The van der Waals surface area contributed by atoms with Gasteiger partial charge in [-0.15, -0.1) is 11.3 Å². The summed E-state index contributed by atoms with van der Waals surface area (Å²) in [5.41, 5.74) is 7.75. The molecule has 2 aliphatic heterocycles. The summed E-state index contributed by atoms with van der Waals surface area (Å²) in [4.78, 5) is 20.3. The minimum atomic E-state index is -2.17. The second kappa shape index (κ2) is 7.97. The molecular formula is C22H24FN5O2S. The van der Waals surface area contributed by atoms with Crippen molar-refractivity contribution >= 4 is 38.8 Å². The highest BCUT2D eigenvalue weighted by atomic mass is 32.1. The molecule has 4 N–H and O–H groups in total. The molecule has 5 rings (SSSR count). The lowest BCUT2D eigenvalue weighted by Crippen LogP contribution is -2.44. The smallest absolute Gasteiger partial charge is 0.263 e. The third-order valence-corrected chi connectivity index (χ3v) is 6.60. The van der Waals surface area contributed by atoms with E-state index in [0.717, 1.165) is 43.2 Å². The molecule has 0 radical (unpaired) electrons. The molecule has 1 fully saturated rings. The maximum Gasteiger partial charge on any atom is 0.263 e. The highest BCUT2D eigenvalue weighted by molar-refractivity contribution is 7.21. The Balaban J connectivity index is 1.41. The van der Waals surface area contributed by atoms with Gasteiger partial charge in [0, 0.05) is 63.7 Å². The number of ether oxygens (including phenoxy) is 1. The van der Waals surface area contributed by atoms with Crippen LogP contribution < -0.4 is 26.0 Å². The molecule has 7 nitrogen and oxygen atoms in total. The van der Waals surface area contributed by atoms with Crippen LogP contribution in [0.2, 0.25) is 0 Å². The van der Waals surface area contributed by atoms with Gasteiger partial charge in [-0.1, -0.05) is 0 Å². The summed E-state index contributed by atoms with van der Waals surface area (Å²) in [5, 5.41) is 6.59. The molecule has 1 amide bonds. The van der Waals surface area contributed by atoms with Crippen LogP contribution in [0.1, 0.15) is 23.7 Å². The van der Waals surface area contributed by atoms with Gasteiger partial charge in [-0.3, -0.25) is 4.79 Å². The number of anilines is 2. The van der Waals surface area contributed by atoms with Gasteiger partial charge in [-0.2, -0.15) is 0 Å². The molecule has 0 unspecified atom stereocenters. The molecule has 1 saturated heterocycles. The normalized spacial score (nSPS) is 21.1. The maximum atomic E-state index is 15.2. The lowest BCUT2D eigenvalue weighted by Gasteiger charge is -2.32. The van der Waals surface area contributed by atoms with Crippen molar-refractivity contribution < 1.29 is 16.7 Å². The molecule has 4 heterocycles. The van der Waals surface area contributed by atoms with Gasteiger partial charge in [0.15, 0.2) is 0 Å². The first kappa shape index (κ1) is 17.7. The average Bonchev–Trinajstić information content (AvgIpc) is 3.11. The zero-order chi connectivity index (χ0) is 23.3. The van der Waals surface area contributed by atoms with Crippen LogP contribution in [0.25, 0.3) is 10.2 Å². The SMILES string of the molecule is [2H]C1([2H])c2c(F)cc(N3CCNCC3)cc2OC[C@H]1NC(=O)c1sc2nc(C)ccc2c1N. The van der Waals surface area contributed by atoms with Crippen LogP contribution in [0.5, 0.6) is 5.75 Å². The van der Waals surface area contributed by atoms with Gasteiger partial charge < -0.3 is 26.0 Å². The summed E-state index contributed by atoms with van der Waals surface area (Å²) in [5.74, 6) is -1.06. The van der Waals surface area contributed by atoms with Crippen LogP contribution in [0.15, 0.2) is 24.3 Å². The number of aryl methyl sites for hydroxylation is 1. The molecule has 2 aliphatic rings. The number of nitrogen functional groups attached to an aromatic ring is 1. The number of nitrogens with two attached hydrogens (primary N) is 1. The van der Waals surface area contributed by atoms with Crippen LogP contribution in [0.4, 0.5) is 15.8 Å². The maximum absolute atomic E-state index is 15.2. The summed E-state index contributed by atoms with van der Waals surface area (Å²) in [6.07, 6.45) is -2.17. The number of hydrogen-bond donors (Lipinski definition) is 3. The van der Waals surface area contributed by atoms with E-state index in [2.05, 4.69) is 15.6 Å². The van der Waals surface area contributed by atoms with Crippen molar-refractivity contribution in [3.63, 3.8) is 0 Å². The highest BCUT2D eigenvalue weighted by Crippen LogP contribution is 2.34. The lowest BCUT2D eigenvalue weighted by atomic mass is 10.0. The second-order valence-corrected chi connectivity index (χ2v) is 8.67. The first-order valence-electron chi connectivity index (χ1n) is 11.1. The third kappa shape index (κ3) is 3.79. The summed E-state index contributed by atoms with van der Waals surface area (Å²) < 4.78 is 38.2. The minimum Gasteiger partial charge on any atom is -0.491 e. The van der Waals surface area contributed by atoms with E-state index < -0.39 is 24.1 Å². The number of rotatable bonds is 3. The van der Waals surface area contributed by atoms with Crippen molar-refractivity contribution in [2.45, 2.75) is 19.3 Å². The Bertz CT molecular complexity index is 1250. The summed E-state index contributed by atoms with van der Waals surface area (Å²) in [6, 6.07) is 5.56. The Kier molecular flexibility index (Phi) is 4.56. The summed E-state index contributed by atoms with van der Waals surface area (Å²) in [6.45, 7) is 4.78. The molecule has 9 heteroatoms. The number of hydrogen-bond acceptors (Lipinski definition) is 7. The molecule has 162 valence electrons. The fourth-order valence-electron chi connectivity index (χ4n) is 3.88. The van der Waals surface area contributed by atoms with Crippen LogP contribution in [0.3, 0.4) is 0 Å². The van der Waals surface area contributed by atoms with Crippen LogP contribution >= 0.6 is 11.3 Å². The predicted octanol–water partition coefficient (Wildman–Crippen LogP) is 2.47. The number of piperazine rings is 1. The van der Waals surface area contributed by atoms with E-state index in [1.54, 1.807) is 6.07 Å². The molecule has 2 aromatic heterocycles. The molecule has 31 heavy (non-hydrogen) atoms. The number of halogens is 1. The van der Waals surface area contributed by atoms with Crippen molar-refractivity contribution in [1.29, 1.82) is 0 Å². The largest absolute Gasteiger partial charge is 0.491 e. The van der Waals surface area contributed by atoms with E-state index in [4.69, 9.17) is 13.2 Å². The van der Waals surface area contributed by atoms with Gasteiger partial charge >= 0.3 is 0 Å². The number of carbonyl (C=O) groups is 1. The molecule has 1 aromatic carbocycles. The molecular weight excluding hydrogens is 417 g/mol. The van der Waals surface area contributed by atoms with Gasteiger partial charge in [0.2, 0.25) is 0 Å². The third-order valence-electron chi connectivity index (χ3n) is 5.49. The number of nitrogens with zero attached hydrogens (tertiary/aromatic N) is 2. The van der Waals surface area contributed by atoms with Gasteiger partial charge in [0.25, 0.3) is 5.91 Å². The predicted molar refractivity (Wildman–Crippen MR) is 121 cm³/mol. The van der Waals surface area contributed by atoms with Crippen molar-refractivity contribution in [3.8, 4) is 5.75 Å². The number of carbonyl (C=O) groups excluding carboxylic acids is 1. The number of nitrogens with one attached hydrogen (secondary N) is 2. The average molecular weight is 444 g/mol. The van der Waals surface area contributed by atoms with Crippen LogP contribution in [0, 0.1) is 12.7 Å². The van der Waals surface area contributed by atoms with E-state index in [-0.39, 0.29) is 22.8 Å². The zero-order valence-corrected chi connectivity index (χ0v) is 17.8. The number of fused-ring (bicyclic) bond motifs is 2. The van der Waals surface area contributed by atoms with Crippen molar-refractivity contribution in [2.24, 2.45) is 0 Å². The summed E-state index contributed by atoms with van der Waals surface area (Å²) in [7, 11) is 0. The van der Waals surface area contributed by atoms with Gasteiger partial charge in [0.05, 0.1) is 11.7 Å². The van der Waals surface area contributed by atoms with E-state index >= 15 is 4.39 Å². The molecule has 1 atom stereocenters. The molecule has 0 aliphatic carbocycles. The van der Waals surface area contributed by atoms with E-state index in [0.29, 0.717) is 21.6 Å². The molecule has 3 aromatic rings. The van der Waals surface area contributed by atoms with Crippen LogP contribution in [-0.4, -0.2) is 49.7 Å². The fraction of sp³-hybridized carbons (Fsp3) is 0.364. The Morgan fingerprint density at radius 1 is 1.42 bits per heavy atom. The number of pyridine rings is 1. The van der Waals surface area contributed by atoms with Crippen molar-refractivity contribution in [1.82, 2.24) is 15.6 Å². The van der Waals surface area contributed by atoms with Crippen molar-refractivity contribution in [2.75, 3.05) is 43.4 Å². The second-order valence-electron chi connectivity index (χ2n) is 7.67. The standard InChI is InChI=1S/C22H24FN5O2S/c1-12-2-3-15-19(24)20(31-22(15)26-12)21(29)27-13-8-16-17(23)9-14(10-18(16)30-11-13)28-6-4-25-5-7-28/h2-3,9-10,13,25H,4-8,11,24H2,1H3,(H,27,29)/t13-/m0/s1/i8D2. The Labute approximate surface area is 186 Å². The topological polar surface area (TPSA) is 92.5 Å². The monoisotopic (exact) mass is 443 g/mol. The quantitative estimate of drug-likeness (QED) is 0.576. The van der Waals surface area contributed by atoms with Gasteiger partial charge in [0.1, 0.15) is 27.9 Å². The molecule has 0 spiro atoms. The summed E-state index contributed by atoms with van der Waals surface area (Å²) >= 11 is 1.15. The number of thiophene rings is 1. The van der Waals surface area contributed by atoms with Crippen LogP contribution in [-0.2, 0) is 6.37 Å². The lowest BCUT2D eigenvalue weighted by molar-refractivity contribution is 0.0919. The Morgan fingerprint density at radius 3 is 3.03 bits per heavy atom. The van der Waals surface area contributed by atoms with Gasteiger partial charge in [-0.25, -0.2) is 9.37 Å². The minimum absolute atomic E-state index is 0.127. The first-order chi connectivity index (χ1) is 15.8. The number of amides is 1. The number of benzene rings is 1. The van der Waals surface area contributed by atoms with Gasteiger partial charge in [-0.05, 0) is 25.1 Å². The Hall–Kier alpha value is -2.91. The van der Waals surface area contributed by atoms with E-state index in [1.165, 1.54) is 6.07 Å².